The molecule has 1 rings (SSSR count). The summed E-state index contributed by atoms with van der Waals surface area (Å²) in [5.41, 5.74) is -0.0681. The van der Waals surface area contributed by atoms with Crippen LogP contribution in [0, 0.1) is 10.1 Å². The molecule has 0 saturated carbocycles. The number of aliphatic hydroxyl groups is 1. The van der Waals surface area contributed by atoms with Crippen molar-refractivity contribution in [1.29, 1.82) is 0 Å². The highest BCUT2D eigenvalue weighted by molar-refractivity contribution is 5.95. The number of carboxylic acids is 1. The lowest BCUT2D eigenvalue weighted by molar-refractivity contribution is -0.391. The molecule has 1 amide bonds. The van der Waals surface area contributed by atoms with Crippen LogP contribution in [0.25, 0.3) is 0 Å². The van der Waals surface area contributed by atoms with Crippen molar-refractivity contribution >= 4 is 17.7 Å². The standard InChI is InChI=1S/C9H11N3O6/c1-11-6(2-3-7(11)12(17)18)8(14)10-5(4-13)9(15)16/h2-3,5,13H,4H2,1H3,(H,10,14)(H,15,16)/t5-/m0/s1. The molecule has 98 valence electrons. The second-order valence-corrected chi connectivity index (χ2v) is 3.44. The van der Waals surface area contributed by atoms with Crippen molar-refractivity contribution in [3.63, 3.8) is 0 Å². The molecule has 1 aromatic rings. The Morgan fingerprint density at radius 2 is 2.17 bits per heavy atom. The Morgan fingerprint density at radius 3 is 2.56 bits per heavy atom. The summed E-state index contributed by atoms with van der Waals surface area (Å²) in [6.45, 7) is -0.770. The zero-order chi connectivity index (χ0) is 13.9. The van der Waals surface area contributed by atoms with Crippen molar-refractivity contribution < 1.29 is 24.7 Å². The first kappa shape index (κ1) is 13.6. The average molecular weight is 257 g/mol. The smallest absolute Gasteiger partial charge is 0.328 e. The van der Waals surface area contributed by atoms with Crippen molar-refractivity contribution in [3.05, 3.63) is 27.9 Å². The van der Waals surface area contributed by atoms with Crippen molar-refractivity contribution in [2.24, 2.45) is 7.05 Å². The zero-order valence-corrected chi connectivity index (χ0v) is 9.36. The largest absolute Gasteiger partial charge is 0.480 e. The number of hydrogen-bond acceptors (Lipinski definition) is 5. The molecule has 18 heavy (non-hydrogen) atoms. The Labute approximate surface area is 101 Å². The third-order valence-corrected chi connectivity index (χ3v) is 2.30. The fourth-order valence-electron chi connectivity index (χ4n) is 1.33. The lowest BCUT2D eigenvalue weighted by atomic mass is 10.3. The van der Waals surface area contributed by atoms with Gasteiger partial charge in [-0.25, -0.2) is 9.36 Å². The highest BCUT2D eigenvalue weighted by Crippen LogP contribution is 2.14. The molecule has 3 N–H and O–H groups in total. The Kier molecular flexibility index (Phi) is 4.00. The van der Waals surface area contributed by atoms with E-state index >= 15 is 0 Å². The third kappa shape index (κ3) is 2.63. The van der Waals surface area contributed by atoms with Crippen LogP contribution in [0.3, 0.4) is 0 Å². The van der Waals surface area contributed by atoms with Gasteiger partial charge >= 0.3 is 11.8 Å². The fourth-order valence-corrected chi connectivity index (χ4v) is 1.33. The Hall–Kier alpha value is -2.42. The first-order valence-electron chi connectivity index (χ1n) is 4.83. The third-order valence-electron chi connectivity index (χ3n) is 2.30. The number of aliphatic hydroxyl groups excluding tert-OH is 1. The molecule has 0 fully saturated rings. The predicted molar refractivity (Wildman–Crippen MR) is 58.0 cm³/mol. The van der Waals surface area contributed by atoms with Gasteiger partial charge in [0.25, 0.3) is 5.91 Å². The summed E-state index contributed by atoms with van der Waals surface area (Å²) < 4.78 is 1.02. The molecule has 0 aliphatic carbocycles. The van der Waals surface area contributed by atoms with E-state index in [1.165, 1.54) is 13.1 Å². The van der Waals surface area contributed by atoms with Gasteiger partial charge in [0.15, 0.2) is 11.7 Å². The van der Waals surface area contributed by atoms with Gasteiger partial charge in [-0.1, -0.05) is 0 Å². The van der Waals surface area contributed by atoms with Crippen LogP contribution in [0.4, 0.5) is 5.82 Å². The summed E-state index contributed by atoms with van der Waals surface area (Å²) in [6.07, 6.45) is 0. The summed E-state index contributed by atoms with van der Waals surface area (Å²) in [5, 5.41) is 30.0. The van der Waals surface area contributed by atoms with Crippen molar-refractivity contribution in [2.45, 2.75) is 6.04 Å². The lowest BCUT2D eigenvalue weighted by Crippen LogP contribution is -2.43. The van der Waals surface area contributed by atoms with Gasteiger partial charge in [0.2, 0.25) is 0 Å². The molecular weight excluding hydrogens is 246 g/mol. The van der Waals surface area contributed by atoms with Gasteiger partial charge in [-0.3, -0.25) is 4.79 Å². The van der Waals surface area contributed by atoms with Crippen LogP contribution >= 0.6 is 0 Å². The van der Waals surface area contributed by atoms with Crippen LogP contribution in [0.5, 0.6) is 0 Å². The minimum Gasteiger partial charge on any atom is -0.480 e. The van der Waals surface area contributed by atoms with Crippen LogP contribution in [-0.4, -0.2) is 44.2 Å². The topological polar surface area (TPSA) is 135 Å². The van der Waals surface area contributed by atoms with Gasteiger partial charge in [0, 0.05) is 6.07 Å². The second kappa shape index (κ2) is 5.27. The van der Waals surface area contributed by atoms with E-state index in [0.717, 1.165) is 10.6 Å². The first-order valence-corrected chi connectivity index (χ1v) is 4.83. The molecule has 0 radical (unpaired) electrons. The first-order chi connectivity index (χ1) is 8.38. The normalized spacial score (nSPS) is 11.9. The number of nitrogens with one attached hydrogen (secondary N) is 1. The van der Waals surface area contributed by atoms with E-state index in [2.05, 4.69) is 0 Å². The highest BCUT2D eigenvalue weighted by atomic mass is 16.6. The molecule has 0 aromatic carbocycles. The molecule has 1 heterocycles. The molecule has 9 heteroatoms. The average Bonchev–Trinajstić information content (AvgIpc) is 2.67. The maximum atomic E-state index is 11.6. The molecule has 1 aromatic heterocycles. The lowest BCUT2D eigenvalue weighted by Gasteiger charge is -2.10. The Balaban J connectivity index is 2.91. The SMILES string of the molecule is Cn1c(C(=O)N[C@@H](CO)C(=O)O)ccc1[N+](=O)[O-]. The Morgan fingerprint density at radius 1 is 1.56 bits per heavy atom. The van der Waals surface area contributed by atoms with E-state index in [1.54, 1.807) is 0 Å². The van der Waals surface area contributed by atoms with E-state index in [1.807, 2.05) is 5.32 Å². The van der Waals surface area contributed by atoms with Crippen LogP contribution in [0.1, 0.15) is 10.5 Å². The van der Waals surface area contributed by atoms with Crippen LogP contribution in [0.15, 0.2) is 12.1 Å². The second-order valence-electron chi connectivity index (χ2n) is 3.44. The number of aromatic nitrogens is 1. The Bertz CT molecular complexity index is 494. The molecule has 0 aliphatic rings. The van der Waals surface area contributed by atoms with Gasteiger partial charge in [0.1, 0.15) is 0 Å². The number of carbonyl (C=O) groups excluding carboxylic acids is 1. The summed E-state index contributed by atoms with van der Waals surface area (Å²) in [6, 6.07) is 0.874. The number of carboxylic acid groups (broad SMARTS) is 1. The summed E-state index contributed by atoms with van der Waals surface area (Å²) >= 11 is 0. The molecule has 0 saturated heterocycles. The van der Waals surface area contributed by atoms with Gasteiger partial charge in [0.05, 0.1) is 13.7 Å². The molecule has 0 spiro atoms. The van der Waals surface area contributed by atoms with Gasteiger partial charge < -0.3 is 25.6 Å². The fraction of sp³-hybridized carbons (Fsp3) is 0.333. The molecule has 1 atom stereocenters. The van der Waals surface area contributed by atoms with Crippen LogP contribution in [0.2, 0.25) is 0 Å². The molecular formula is C9H11N3O6. The minimum atomic E-state index is -1.45. The van der Waals surface area contributed by atoms with Crippen LogP contribution in [-0.2, 0) is 11.8 Å². The van der Waals surface area contributed by atoms with E-state index in [4.69, 9.17) is 10.2 Å². The van der Waals surface area contributed by atoms with Gasteiger partial charge in [-0.2, -0.15) is 0 Å². The van der Waals surface area contributed by atoms with E-state index in [0.29, 0.717) is 0 Å². The van der Waals surface area contributed by atoms with Gasteiger partial charge in [-0.15, -0.1) is 0 Å². The number of hydrogen-bond donors (Lipinski definition) is 3. The van der Waals surface area contributed by atoms with E-state index in [9.17, 15) is 19.7 Å². The number of rotatable bonds is 5. The number of nitrogens with zero attached hydrogens (tertiary/aromatic N) is 2. The molecule has 0 unspecified atom stereocenters. The molecule has 0 bridgehead atoms. The predicted octanol–water partition coefficient (Wildman–Crippen LogP) is -0.891. The monoisotopic (exact) mass is 257 g/mol. The summed E-state index contributed by atoms with van der Waals surface area (Å²) in [5.74, 6) is -2.50. The van der Waals surface area contributed by atoms with E-state index < -0.39 is 29.4 Å². The summed E-state index contributed by atoms with van der Waals surface area (Å²) in [7, 11) is 1.31. The maximum Gasteiger partial charge on any atom is 0.328 e. The quantitative estimate of drug-likeness (QED) is 0.462. The van der Waals surface area contributed by atoms with Crippen molar-refractivity contribution in [3.8, 4) is 0 Å². The minimum absolute atomic E-state index is 0.0681. The highest BCUT2D eigenvalue weighted by Gasteiger charge is 2.25. The van der Waals surface area contributed by atoms with Crippen LogP contribution < -0.4 is 5.32 Å². The summed E-state index contributed by atoms with van der Waals surface area (Å²) in [4.78, 5) is 32.1. The molecule has 0 aliphatic heterocycles. The van der Waals surface area contributed by atoms with Gasteiger partial charge in [-0.05, 0) is 11.0 Å². The zero-order valence-electron chi connectivity index (χ0n) is 9.36. The number of carbonyl (C=O) groups is 2. The van der Waals surface area contributed by atoms with Crippen molar-refractivity contribution in [1.82, 2.24) is 9.88 Å². The molecule has 9 nitrogen and oxygen atoms in total. The number of nitro groups is 1. The maximum absolute atomic E-state index is 11.6. The number of amides is 1. The van der Waals surface area contributed by atoms with E-state index in [-0.39, 0.29) is 11.5 Å². The van der Waals surface area contributed by atoms with Crippen molar-refractivity contribution in [2.75, 3.05) is 6.61 Å². The number of aliphatic carboxylic acids is 1.